The van der Waals surface area contributed by atoms with Crippen LogP contribution in [0.25, 0.3) is 0 Å². The molecule has 1 atom stereocenters. The first-order chi connectivity index (χ1) is 8.90. The lowest BCUT2D eigenvalue weighted by molar-refractivity contribution is 0.347. The average Bonchev–Trinajstić information content (AvgIpc) is 2.68. The second kappa shape index (κ2) is 5.11. The van der Waals surface area contributed by atoms with Gasteiger partial charge in [0.05, 0.1) is 19.7 Å². The molecule has 19 heavy (non-hydrogen) atoms. The number of hydrogen-bond donors (Lipinski definition) is 1. The van der Waals surface area contributed by atoms with Gasteiger partial charge in [0, 0.05) is 11.8 Å². The zero-order valence-electron chi connectivity index (χ0n) is 12.2. The highest BCUT2D eigenvalue weighted by atomic mass is 16.5. The van der Waals surface area contributed by atoms with Crippen LogP contribution in [0.4, 0.5) is 5.69 Å². The largest absolute Gasteiger partial charge is 0.497 e. The van der Waals surface area contributed by atoms with E-state index >= 15 is 0 Å². The number of hydrogen-bond acceptors (Lipinski definition) is 4. The first-order valence-corrected chi connectivity index (χ1v) is 6.64. The van der Waals surface area contributed by atoms with Crippen molar-refractivity contribution in [3.05, 3.63) is 24.3 Å². The molecule has 4 heteroatoms. The van der Waals surface area contributed by atoms with Gasteiger partial charge >= 0.3 is 0 Å². The molecule has 4 nitrogen and oxygen atoms in total. The van der Waals surface area contributed by atoms with Crippen molar-refractivity contribution in [3.8, 4) is 5.75 Å². The summed E-state index contributed by atoms with van der Waals surface area (Å²) in [5.74, 6) is 1.44. The second-order valence-electron chi connectivity index (χ2n) is 6.19. The van der Waals surface area contributed by atoms with Gasteiger partial charge in [-0.1, -0.05) is 26.8 Å². The number of guanidine groups is 1. The molecule has 1 aromatic carbocycles. The lowest BCUT2D eigenvalue weighted by atomic mass is 9.87. The van der Waals surface area contributed by atoms with Crippen LogP contribution in [-0.2, 0) is 0 Å². The molecule has 0 bridgehead atoms. The third-order valence-electron chi connectivity index (χ3n) is 3.26. The van der Waals surface area contributed by atoms with Crippen molar-refractivity contribution in [1.29, 1.82) is 0 Å². The van der Waals surface area contributed by atoms with Crippen LogP contribution >= 0.6 is 0 Å². The zero-order valence-corrected chi connectivity index (χ0v) is 12.2. The Morgan fingerprint density at radius 2 is 2.16 bits per heavy atom. The first-order valence-electron chi connectivity index (χ1n) is 6.64. The van der Waals surface area contributed by atoms with Gasteiger partial charge < -0.3 is 15.4 Å². The van der Waals surface area contributed by atoms with Gasteiger partial charge in [-0.2, -0.15) is 0 Å². The van der Waals surface area contributed by atoms with Crippen LogP contribution in [0, 0.1) is 5.41 Å². The van der Waals surface area contributed by atoms with Gasteiger partial charge in [-0.05, 0) is 24.0 Å². The summed E-state index contributed by atoms with van der Waals surface area (Å²) in [7, 11) is 1.67. The molecule has 104 valence electrons. The third kappa shape index (κ3) is 3.19. The number of ether oxygens (including phenoxy) is 1. The van der Waals surface area contributed by atoms with E-state index in [9.17, 15) is 0 Å². The minimum absolute atomic E-state index is 0.252. The average molecular weight is 261 g/mol. The monoisotopic (exact) mass is 261 g/mol. The van der Waals surface area contributed by atoms with Crippen LogP contribution in [0.15, 0.2) is 29.3 Å². The summed E-state index contributed by atoms with van der Waals surface area (Å²) >= 11 is 0. The molecule has 0 saturated heterocycles. The fourth-order valence-corrected chi connectivity index (χ4v) is 2.51. The topological polar surface area (TPSA) is 50.9 Å². The number of methoxy groups -OCH3 is 1. The molecule has 0 spiro atoms. The highest BCUT2D eigenvalue weighted by Crippen LogP contribution is 2.31. The molecular formula is C15H23N3O. The predicted octanol–water partition coefficient (Wildman–Crippen LogP) is 2.63. The number of anilines is 1. The van der Waals surface area contributed by atoms with E-state index in [2.05, 4.69) is 30.7 Å². The Labute approximate surface area is 115 Å². The van der Waals surface area contributed by atoms with Crippen LogP contribution in [0.1, 0.15) is 27.2 Å². The van der Waals surface area contributed by atoms with E-state index in [1.807, 2.05) is 24.3 Å². The molecule has 0 amide bonds. The predicted molar refractivity (Wildman–Crippen MR) is 79.8 cm³/mol. The minimum atomic E-state index is 0.252. The smallest absolute Gasteiger partial charge is 0.196 e. The molecule has 0 aromatic heterocycles. The summed E-state index contributed by atoms with van der Waals surface area (Å²) in [6, 6.07) is 8.29. The summed E-state index contributed by atoms with van der Waals surface area (Å²) in [4.78, 5) is 6.51. The lowest BCUT2D eigenvalue weighted by Gasteiger charge is -2.31. The van der Waals surface area contributed by atoms with Gasteiger partial charge in [-0.3, -0.25) is 4.99 Å². The molecule has 1 aliphatic rings. The third-order valence-corrected chi connectivity index (χ3v) is 3.26. The Morgan fingerprint density at radius 3 is 2.79 bits per heavy atom. The maximum absolute atomic E-state index is 6.05. The SMILES string of the molecule is COc1cccc(N2C(N)=NCC2CC(C)(C)C)c1. The van der Waals surface area contributed by atoms with E-state index in [1.165, 1.54) is 0 Å². The van der Waals surface area contributed by atoms with Crippen molar-refractivity contribution in [2.45, 2.75) is 33.2 Å². The Kier molecular flexibility index (Phi) is 3.69. The molecular weight excluding hydrogens is 238 g/mol. The van der Waals surface area contributed by atoms with Crippen molar-refractivity contribution in [3.63, 3.8) is 0 Å². The highest BCUT2D eigenvalue weighted by Gasteiger charge is 2.31. The summed E-state index contributed by atoms with van der Waals surface area (Å²) in [5.41, 5.74) is 7.35. The summed E-state index contributed by atoms with van der Waals surface area (Å²) < 4.78 is 5.28. The van der Waals surface area contributed by atoms with Gasteiger partial charge in [-0.25, -0.2) is 0 Å². The van der Waals surface area contributed by atoms with Crippen LogP contribution in [0.5, 0.6) is 5.75 Å². The summed E-state index contributed by atoms with van der Waals surface area (Å²) in [6.45, 7) is 7.49. The van der Waals surface area contributed by atoms with E-state index in [4.69, 9.17) is 10.5 Å². The Hall–Kier alpha value is -1.71. The molecule has 1 unspecified atom stereocenters. The standard InChI is InChI=1S/C15H23N3O/c1-15(2,3)9-12-10-17-14(16)18(12)11-6-5-7-13(8-11)19-4/h5-8,12H,9-10H2,1-4H3,(H2,16,17). The van der Waals surface area contributed by atoms with E-state index < -0.39 is 0 Å². The number of nitrogens with two attached hydrogens (primary N) is 1. The fourth-order valence-electron chi connectivity index (χ4n) is 2.51. The van der Waals surface area contributed by atoms with Gasteiger partial charge in [-0.15, -0.1) is 0 Å². The number of aliphatic imine (C=N–C) groups is 1. The maximum atomic E-state index is 6.05. The van der Waals surface area contributed by atoms with Crippen LogP contribution in [-0.4, -0.2) is 25.7 Å². The number of nitrogens with zero attached hydrogens (tertiary/aromatic N) is 2. The van der Waals surface area contributed by atoms with Crippen LogP contribution < -0.4 is 15.4 Å². The molecule has 0 aliphatic carbocycles. The van der Waals surface area contributed by atoms with Crippen molar-refractivity contribution in [2.75, 3.05) is 18.6 Å². The molecule has 0 saturated carbocycles. The van der Waals surface area contributed by atoms with Crippen LogP contribution in [0.2, 0.25) is 0 Å². The van der Waals surface area contributed by atoms with Gasteiger partial charge in [0.1, 0.15) is 5.75 Å². The molecule has 1 aliphatic heterocycles. The van der Waals surface area contributed by atoms with Crippen molar-refractivity contribution < 1.29 is 4.74 Å². The lowest BCUT2D eigenvalue weighted by Crippen LogP contribution is -2.42. The summed E-state index contributed by atoms with van der Waals surface area (Å²) in [6.07, 6.45) is 1.05. The van der Waals surface area contributed by atoms with E-state index in [-0.39, 0.29) is 5.41 Å². The molecule has 0 fully saturated rings. The Balaban J connectivity index is 2.26. The quantitative estimate of drug-likeness (QED) is 0.910. The van der Waals surface area contributed by atoms with Crippen LogP contribution in [0.3, 0.4) is 0 Å². The molecule has 1 heterocycles. The second-order valence-corrected chi connectivity index (χ2v) is 6.19. The highest BCUT2D eigenvalue weighted by molar-refractivity contribution is 5.97. The molecule has 2 N–H and O–H groups in total. The normalized spacial score (nSPS) is 19.5. The Morgan fingerprint density at radius 1 is 1.42 bits per heavy atom. The number of benzene rings is 1. The van der Waals surface area contributed by atoms with Gasteiger partial charge in [0.25, 0.3) is 0 Å². The molecule has 1 aromatic rings. The molecule has 0 radical (unpaired) electrons. The Bertz CT molecular complexity index is 477. The van der Waals surface area contributed by atoms with Crippen molar-refractivity contribution in [2.24, 2.45) is 16.1 Å². The van der Waals surface area contributed by atoms with Gasteiger partial charge in [0.15, 0.2) is 5.96 Å². The van der Waals surface area contributed by atoms with Crippen molar-refractivity contribution in [1.82, 2.24) is 0 Å². The van der Waals surface area contributed by atoms with E-state index in [1.54, 1.807) is 7.11 Å². The van der Waals surface area contributed by atoms with E-state index in [0.29, 0.717) is 12.0 Å². The zero-order chi connectivity index (χ0) is 14.0. The van der Waals surface area contributed by atoms with E-state index in [0.717, 1.165) is 24.4 Å². The first kappa shape index (κ1) is 13.7. The fraction of sp³-hybridized carbons (Fsp3) is 0.533. The maximum Gasteiger partial charge on any atom is 0.196 e. The molecule has 2 rings (SSSR count). The van der Waals surface area contributed by atoms with Gasteiger partial charge in [0.2, 0.25) is 0 Å². The van der Waals surface area contributed by atoms with Crippen molar-refractivity contribution >= 4 is 11.6 Å². The minimum Gasteiger partial charge on any atom is -0.497 e. The number of rotatable bonds is 3. The summed E-state index contributed by atoms with van der Waals surface area (Å²) in [5, 5.41) is 0.